The van der Waals surface area contributed by atoms with E-state index in [1.54, 1.807) is 0 Å². The Hall–Kier alpha value is -2.66. The highest BCUT2D eigenvalue weighted by atomic mass is 16.3. The lowest BCUT2D eigenvalue weighted by atomic mass is 9.89. The van der Waals surface area contributed by atoms with Gasteiger partial charge < -0.3 is 9.40 Å². The summed E-state index contributed by atoms with van der Waals surface area (Å²) in [6.45, 7) is 1.85. The van der Waals surface area contributed by atoms with Crippen LogP contribution in [0.1, 0.15) is 54.3 Å². The molecule has 1 atom stereocenters. The summed E-state index contributed by atoms with van der Waals surface area (Å²) in [5.41, 5.74) is 4.35. The maximum absolute atomic E-state index is 12.2. The number of hydrogen-bond acceptors (Lipinski definition) is 4. The van der Waals surface area contributed by atoms with Gasteiger partial charge in [0.2, 0.25) is 0 Å². The molecule has 4 heterocycles. The van der Waals surface area contributed by atoms with Crippen LogP contribution in [-0.4, -0.2) is 21.4 Å². The molecule has 3 aromatic heterocycles. The number of H-pyrrole nitrogens is 1. The van der Waals surface area contributed by atoms with Gasteiger partial charge in [-0.15, -0.1) is 0 Å². The summed E-state index contributed by atoms with van der Waals surface area (Å²) in [4.78, 5) is 22.1. The molecule has 0 saturated carbocycles. The molecule has 0 bridgehead atoms. The van der Waals surface area contributed by atoms with Gasteiger partial charge in [0.05, 0.1) is 18.3 Å². The summed E-state index contributed by atoms with van der Waals surface area (Å²) in [5.74, 6) is 1.83. The number of pyridine rings is 2. The van der Waals surface area contributed by atoms with Crippen LogP contribution in [0.25, 0.3) is 11.3 Å². The predicted molar refractivity (Wildman–Crippen MR) is 108 cm³/mol. The molecule has 1 fully saturated rings. The van der Waals surface area contributed by atoms with E-state index in [9.17, 15) is 4.79 Å². The van der Waals surface area contributed by atoms with Crippen LogP contribution in [0.15, 0.2) is 51.9 Å². The molecular formula is C23H25N3O2. The van der Waals surface area contributed by atoms with Gasteiger partial charge >= 0.3 is 0 Å². The van der Waals surface area contributed by atoms with Crippen LogP contribution < -0.4 is 5.56 Å². The molecule has 5 nitrogen and oxygen atoms in total. The molecule has 2 aliphatic rings. The number of furan rings is 1. The standard InChI is InChI=1S/C23H25N3O2/c27-23-18-7-2-1-6-17(18)19(14-25-23)22-11-10-16(28-22)15-26-13-5-9-21(26)20-8-3-4-12-24-20/h3-4,8,10-12,14,21H,1-2,5-7,9,13,15H2,(H,25,27). The van der Waals surface area contributed by atoms with Crippen molar-refractivity contribution < 1.29 is 4.42 Å². The monoisotopic (exact) mass is 375 g/mol. The SMILES string of the molecule is O=c1[nH]cc(-c2ccc(CN3CCCC3c3ccccn3)o2)c2c1CCCC2. The number of likely N-dealkylation sites (tertiary alicyclic amines) is 1. The lowest BCUT2D eigenvalue weighted by Crippen LogP contribution is -2.23. The van der Waals surface area contributed by atoms with Crippen molar-refractivity contribution in [3.63, 3.8) is 0 Å². The third kappa shape index (κ3) is 3.20. The Morgan fingerprint density at radius 3 is 2.86 bits per heavy atom. The third-order valence-corrected chi connectivity index (χ3v) is 6.09. The van der Waals surface area contributed by atoms with Crippen LogP contribution >= 0.6 is 0 Å². The number of rotatable bonds is 4. The number of fused-ring (bicyclic) bond motifs is 1. The van der Waals surface area contributed by atoms with Crippen LogP contribution in [0.2, 0.25) is 0 Å². The van der Waals surface area contributed by atoms with E-state index >= 15 is 0 Å². The number of hydrogen-bond donors (Lipinski definition) is 1. The average molecular weight is 375 g/mol. The second-order valence-electron chi connectivity index (χ2n) is 7.84. The van der Waals surface area contributed by atoms with Crippen LogP contribution in [0.4, 0.5) is 0 Å². The Kier molecular flexibility index (Phi) is 4.61. The van der Waals surface area contributed by atoms with Crippen LogP contribution in [0.3, 0.4) is 0 Å². The van der Waals surface area contributed by atoms with E-state index in [1.807, 2.05) is 24.5 Å². The predicted octanol–water partition coefficient (Wildman–Crippen LogP) is 4.25. The van der Waals surface area contributed by atoms with Gasteiger partial charge in [-0.3, -0.25) is 14.7 Å². The fourth-order valence-corrected chi connectivity index (χ4v) is 4.72. The summed E-state index contributed by atoms with van der Waals surface area (Å²) < 4.78 is 6.24. The van der Waals surface area contributed by atoms with Crippen LogP contribution in [0, 0.1) is 0 Å². The van der Waals surface area contributed by atoms with Gasteiger partial charge in [0, 0.05) is 23.5 Å². The molecule has 0 aromatic carbocycles. The zero-order valence-corrected chi connectivity index (χ0v) is 16.0. The molecular weight excluding hydrogens is 350 g/mol. The normalized spacial score (nSPS) is 19.6. The van der Waals surface area contributed by atoms with Crippen LogP contribution in [0.5, 0.6) is 0 Å². The first kappa shape index (κ1) is 17.4. The quantitative estimate of drug-likeness (QED) is 0.741. The molecule has 1 aliphatic heterocycles. The minimum atomic E-state index is 0.0560. The first-order valence-corrected chi connectivity index (χ1v) is 10.3. The zero-order valence-electron chi connectivity index (χ0n) is 16.0. The minimum Gasteiger partial charge on any atom is -0.460 e. The highest BCUT2D eigenvalue weighted by Gasteiger charge is 2.28. The molecule has 1 saturated heterocycles. The van der Waals surface area contributed by atoms with Gasteiger partial charge in [-0.1, -0.05) is 6.07 Å². The summed E-state index contributed by atoms with van der Waals surface area (Å²) in [6.07, 6.45) is 10.1. The Morgan fingerprint density at radius 2 is 2.00 bits per heavy atom. The topological polar surface area (TPSA) is 62.1 Å². The molecule has 1 aliphatic carbocycles. The Balaban J connectivity index is 1.39. The van der Waals surface area contributed by atoms with E-state index < -0.39 is 0 Å². The van der Waals surface area contributed by atoms with Gasteiger partial charge in [-0.05, 0) is 74.9 Å². The summed E-state index contributed by atoms with van der Waals surface area (Å²) in [7, 11) is 0. The Labute approximate surface area is 164 Å². The molecule has 1 N–H and O–H groups in total. The van der Waals surface area contributed by atoms with Crippen molar-refractivity contribution in [2.24, 2.45) is 0 Å². The van der Waals surface area contributed by atoms with Gasteiger partial charge in [0.15, 0.2) is 0 Å². The largest absolute Gasteiger partial charge is 0.460 e. The van der Waals surface area contributed by atoms with Gasteiger partial charge in [0.25, 0.3) is 5.56 Å². The van der Waals surface area contributed by atoms with E-state index in [0.717, 1.165) is 73.5 Å². The van der Waals surface area contributed by atoms with Crippen molar-refractivity contribution in [3.8, 4) is 11.3 Å². The Bertz CT molecular complexity index is 1020. The molecule has 5 heteroatoms. The Morgan fingerprint density at radius 1 is 1.11 bits per heavy atom. The molecule has 3 aromatic rings. The maximum Gasteiger partial charge on any atom is 0.251 e. The van der Waals surface area contributed by atoms with E-state index in [0.29, 0.717) is 6.04 Å². The number of aromatic amines is 1. The fraction of sp³-hybridized carbons (Fsp3) is 0.391. The molecule has 28 heavy (non-hydrogen) atoms. The van der Waals surface area contributed by atoms with Crippen molar-refractivity contribution in [1.82, 2.24) is 14.9 Å². The van der Waals surface area contributed by atoms with Crippen molar-refractivity contribution >= 4 is 0 Å². The molecule has 144 valence electrons. The maximum atomic E-state index is 12.2. The molecule has 0 amide bonds. The lowest BCUT2D eigenvalue weighted by Gasteiger charge is -2.22. The fourth-order valence-electron chi connectivity index (χ4n) is 4.72. The summed E-state index contributed by atoms with van der Waals surface area (Å²) in [6, 6.07) is 10.6. The third-order valence-electron chi connectivity index (χ3n) is 6.09. The van der Waals surface area contributed by atoms with Gasteiger partial charge in [0.1, 0.15) is 11.5 Å². The molecule has 0 spiro atoms. The molecule has 5 rings (SSSR count). The number of nitrogens with zero attached hydrogens (tertiary/aromatic N) is 2. The lowest BCUT2D eigenvalue weighted by molar-refractivity contribution is 0.225. The molecule has 1 unspecified atom stereocenters. The highest BCUT2D eigenvalue weighted by Crippen LogP contribution is 2.34. The van der Waals surface area contributed by atoms with Crippen molar-refractivity contribution in [2.75, 3.05) is 6.54 Å². The van der Waals surface area contributed by atoms with Crippen molar-refractivity contribution in [2.45, 2.75) is 51.1 Å². The van der Waals surface area contributed by atoms with Gasteiger partial charge in [-0.2, -0.15) is 0 Å². The van der Waals surface area contributed by atoms with E-state index in [2.05, 4.69) is 33.1 Å². The van der Waals surface area contributed by atoms with Crippen molar-refractivity contribution in [1.29, 1.82) is 0 Å². The van der Waals surface area contributed by atoms with Crippen LogP contribution in [-0.2, 0) is 19.4 Å². The first-order valence-electron chi connectivity index (χ1n) is 10.3. The highest BCUT2D eigenvalue weighted by molar-refractivity contribution is 5.63. The first-order chi connectivity index (χ1) is 13.8. The zero-order chi connectivity index (χ0) is 18.9. The molecule has 0 radical (unpaired) electrons. The van der Waals surface area contributed by atoms with Gasteiger partial charge in [-0.25, -0.2) is 0 Å². The number of aromatic nitrogens is 2. The minimum absolute atomic E-state index is 0.0560. The smallest absolute Gasteiger partial charge is 0.251 e. The second kappa shape index (κ2) is 7.40. The summed E-state index contributed by atoms with van der Waals surface area (Å²) >= 11 is 0. The van der Waals surface area contributed by atoms with Crippen molar-refractivity contribution in [3.05, 3.63) is 75.7 Å². The summed E-state index contributed by atoms with van der Waals surface area (Å²) in [5, 5.41) is 0. The van der Waals surface area contributed by atoms with E-state index in [4.69, 9.17) is 4.42 Å². The van der Waals surface area contributed by atoms with E-state index in [1.165, 1.54) is 12.0 Å². The number of nitrogens with one attached hydrogen (secondary N) is 1. The van der Waals surface area contributed by atoms with E-state index in [-0.39, 0.29) is 5.56 Å². The average Bonchev–Trinajstić information content (AvgIpc) is 3.39. The second-order valence-corrected chi connectivity index (χ2v) is 7.84.